The molecule has 0 radical (unpaired) electrons. The van der Waals surface area contributed by atoms with Gasteiger partial charge < -0.3 is 15.7 Å². The number of aromatic nitrogens is 1. The summed E-state index contributed by atoms with van der Waals surface area (Å²) in [6.45, 7) is 6.54. The first-order chi connectivity index (χ1) is 10.9. The lowest BCUT2D eigenvalue weighted by atomic mass is 10.1. The van der Waals surface area contributed by atoms with Crippen LogP contribution < -0.4 is 10.6 Å². The number of phenolic OH excluding ortho intramolecular Hbond substituents is 1. The standard InChI is InChI=1S/C17H23N3O2S/c1-11(16-19-13(3)10-23-16)9-18-17(22)20-12(2)8-14-4-6-15(21)7-5-14/h4-7,10-12,21H,8-9H2,1-3H3,(H2,18,20,22)/t11-,12-/m0/s1. The van der Waals surface area contributed by atoms with Crippen molar-refractivity contribution in [1.29, 1.82) is 0 Å². The topological polar surface area (TPSA) is 74.2 Å². The van der Waals surface area contributed by atoms with Crippen molar-refractivity contribution < 1.29 is 9.90 Å². The van der Waals surface area contributed by atoms with Gasteiger partial charge in [-0.05, 0) is 38.0 Å². The van der Waals surface area contributed by atoms with Gasteiger partial charge in [0.05, 0.1) is 5.01 Å². The Morgan fingerprint density at radius 1 is 1.30 bits per heavy atom. The number of urea groups is 1. The van der Waals surface area contributed by atoms with Gasteiger partial charge in [-0.2, -0.15) is 0 Å². The van der Waals surface area contributed by atoms with E-state index in [0.717, 1.165) is 22.7 Å². The van der Waals surface area contributed by atoms with Crippen molar-refractivity contribution in [1.82, 2.24) is 15.6 Å². The number of amides is 2. The molecule has 2 aromatic rings. The molecule has 0 aliphatic heterocycles. The van der Waals surface area contributed by atoms with Crippen LogP contribution >= 0.6 is 11.3 Å². The summed E-state index contributed by atoms with van der Waals surface area (Å²) < 4.78 is 0. The zero-order valence-corrected chi connectivity index (χ0v) is 14.5. The van der Waals surface area contributed by atoms with E-state index in [1.54, 1.807) is 23.5 Å². The Morgan fingerprint density at radius 2 is 2.00 bits per heavy atom. The van der Waals surface area contributed by atoms with Gasteiger partial charge in [0.2, 0.25) is 0 Å². The van der Waals surface area contributed by atoms with Gasteiger partial charge in [0.1, 0.15) is 5.75 Å². The lowest BCUT2D eigenvalue weighted by molar-refractivity contribution is 0.237. The first kappa shape index (κ1) is 17.3. The predicted octanol–water partition coefficient (Wildman–Crippen LogP) is 3.19. The van der Waals surface area contributed by atoms with E-state index in [4.69, 9.17) is 0 Å². The van der Waals surface area contributed by atoms with Crippen molar-refractivity contribution in [2.24, 2.45) is 0 Å². The second-order valence-electron chi connectivity index (χ2n) is 5.85. The van der Waals surface area contributed by atoms with E-state index >= 15 is 0 Å². The molecule has 2 amide bonds. The maximum absolute atomic E-state index is 12.0. The highest BCUT2D eigenvalue weighted by Crippen LogP contribution is 2.18. The van der Waals surface area contributed by atoms with Gasteiger partial charge in [0.25, 0.3) is 0 Å². The lowest BCUT2D eigenvalue weighted by Crippen LogP contribution is -2.42. The third-order valence-corrected chi connectivity index (χ3v) is 4.68. The van der Waals surface area contributed by atoms with Gasteiger partial charge in [0.15, 0.2) is 0 Å². The molecule has 1 heterocycles. The summed E-state index contributed by atoms with van der Waals surface area (Å²) in [7, 11) is 0. The molecule has 0 aliphatic carbocycles. The minimum absolute atomic E-state index is 0.0111. The van der Waals surface area contributed by atoms with Crippen molar-refractivity contribution >= 4 is 17.4 Å². The molecule has 2 rings (SSSR count). The largest absolute Gasteiger partial charge is 0.508 e. The van der Waals surface area contributed by atoms with Crippen LogP contribution in [0.5, 0.6) is 5.75 Å². The van der Waals surface area contributed by atoms with Crippen molar-refractivity contribution in [2.45, 2.75) is 39.2 Å². The Kier molecular flexibility index (Phi) is 5.98. The number of carbonyl (C=O) groups excluding carboxylic acids is 1. The number of phenols is 1. The van der Waals surface area contributed by atoms with Crippen molar-refractivity contribution in [3.8, 4) is 5.75 Å². The molecule has 0 fully saturated rings. The van der Waals surface area contributed by atoms with Gasteiger partial charge in [-0.3, -0.25) is 0 Å². The summed E-state index contributed by atoms with van der Waals surface area (Å²) in [5.41, 5.74) is 2.09. The Labute approximate surface area is 140 Å². The second kappa shape index (κ2) is 7.97. The van der Waals surface area contributed by atoms with E-state index in [9.17, 15) is 9.90 Å². The van der Waals surface area contributed by atoms with Crippen molar-refractivity contribution in [3.05, 3.63) is 45.9 Å². The molecule has 0 aliphatic rings. The molecule has 3 N–H and O–H groups in total. The highest BCUT2D eigenvalue weighted by molar-refractivity contribution is 7.09. The number of hydrogen-bond acceptors (Lipinski definition) is 4. The van der Waals surface area contributed by atoms with Crippen LogP contribution in [0.1, 0.15) is 36.0 Å². The highest BCUT2D eigenvalue weighted by Gasteiger charge is 2.12. The van der Waals surface area contributed by atoms with Gasteiger partial charge >= 0.3 is 6.03 Å². The Morgan fingerprint density at radius 3 is 2.61 bits per heavy atom. The fourth-order valence-electron chi connectivity index (χ4n) is 2.24. The van der Waals surface area contributed by atoms with Crippen LogP contribution in [0, 0.1) is 6.92 Å². The molecule has 1 aromatic carbocycles. The zero-order valence-electron chi connectivity index (χ0n) is 13.7. The number of nitrogens with one attached hydrogen (secondary N) is 2. The van der Waals surface area contributed by atoms with E-state index < -0.39 is 0 Å². The molecule has 1 aromatic heterocycles. The summed E-state index contributed by atoms with van der Waals surface area (Å²) in [6, 6.07) is 6.87. The van der Waals surface area contributed by atoms with Crippen molar-refractivity contribution in [2.75, 3.05) is 6.54 Å². The Hall–Kier alpha value is -2.08. The lowest BCUT2D eigenvalue weighted by Gasteiger charge is -2.16. The molecule has 0 saturated heterocycles. The van der Waals surface area contributed by atoms with Gasteiger partial charge in [-0.1, -0.05) is 19.1 Å². The first-order valence-electron chi connectivity index (χ1n) is 7.68. The van der Waals surface area contributed by atoms with E-state index in [2.05, 4.69) is 22.5 Å². The molecule has 0 saturated carbocycles. The van der Waals surface area contributed by atoms with Crippen LogP contribution in [0.4, 0.5) is 4.79 Å². The molecule has 0 bridgehead atoms. The minimum atomic E-state index is -0.170. The average molecular weight is 333 g/mol. The third kappa shape index (κ3) is 5.56. The maximum atomic E-state index is 12.0. The number of nitrogens with zero attached hydrogens (tertiary/aromatic N) is 1. The van der Waals surface area contributed by atoms with Gasteiger partial charge in [-0.25, -0.2) is 9.78 Å². The molecule has 2 atom stereocenters. The van der Waals surface area contributed by atoms with Gasteiger partial charge in [0, 0.05) is 29.6 Å². The molecular formula is C17H23N3O2S. The fraction of sp³-hybridized carbons (Fsp3) is 0.412. The normalized spacial score (nSPS) is 13.3. The molecule has 0 spiro atoms. The summed E-state index contributed by atoms with van der Waals surface area (Å²) in [6.07, 6.45) is 0.717. The third-order valence-electron chi connectivity index (χ3n) is 3.48. The fourth-order valence-corrected chi connectivity index (χ4v) is 3.10. The SMILES string of the molecule is Cc1csc([C@@H](C)CNC(=O)N[C@@H](C)Cc2ccc(O)cc2)n1. The average Bonchev–Trinajstić information content (AvgIpc) is 2.94. The van der Waals surface area contributed by atoms with Gasteiger partial charge in [-0.15, -0.1) is 11.3 Å². The number of hydrogen-bond donors (Lipinski definition) is 3. The molecule has 23 heavy (non-hydrogen) atoms. The van der Waals surface area contributed by atoms with Crippen LogP contribution in [0.3, 0.4) is 0 Å². The van der Waals surface area contributed by atoms with E-state index in [1.165, 1.54) is 0 Å². The number of aromatic hydroxyl groups is 1. The predicted molar refractivity (Wildman–Crippen MR) is 93.1 cm³/mol. The Balaban J connectivity index is 1.74. The summed E-state index contributed by atoms with van der Waals surface area (Å²) in [5, 5.41) is 18.1. The van der Waals surface area contributed by atoms with E-state index in [0.29, 0.717) is 6.54 Å². The summed E-state index contributed by atoms with van der Waals surface area (Å²) >= 11 is 1.62. The van der Waals surface area contributed by atoms with Crippen LogP contribution in [-0.2, 0) is 6.42 Å². The molecule has 6 heteroatoms. The van der Waals surface area contributed by atoms with Crippen LogP contribution in [0.2, 0.25) is 0 Å². The second-order valence-corrected chi connectivity index (χ2v) is 6.74. The molecule has 124 valence electrons. The van der Waals surface area contributed by atoms with Crippen molar-refractivity contribution in [3.63, 3.8) is 0 Å². The summed E-state index contributed by atoms with van der Waals surface area (Å²) in [4.78, 5) is 16.4. The summed E-state index contributed by atoms with van der Waals surface area (Å²) in [5.74, 6) is 0.449. The smallest absolute Gasteiger partial charge is 0.315 e. The maximum Gasteiger partial charge on any atom is 0.315 e. The first-order valence-corrected chi connectivity index (χ1v) is 8.56. The number of thiazole rings is 1. The minimum Gasteiger partial charge on any atom is -0.508 e. The van der Waals surface area contributed by atoms with Crippen LogP contribution in [-0.4, -0.2) is 28.7 Å². The zero-order chi connectivity index (χ0) is 16.8. The number of rotatable bonds is 6. The van der Waals surface area contributed by atoms with Crippen LogP contribution in [0.25, 0.3) is 0 Å². The molecule has 0 unspecified atom stereocenters. The molecular weight excluding hydrogens is 310 g/mol. The quantitative estimate of drug-likeness (QED) is 0.760. The highest BCUT2D eigenvalue weighted by atomic mass is 32.1. The van der Waals surface area contributed by atoms with E-state index in [-0.39, 0.29) is 23.7 Å². The number of carbonyl (C=O) groups is 1. The van der Waals surface area contributed by atoms with Crippen LogP contribution in [0.15, 0.2) is 29.6 Å². The monoisotopic (exact) mass is 333 g/mol. The molecule has 5 nitrogen and oxygen atoms in total. The number of benzene rings is 1. The van der Waals surface area contributed by atoms with E-state index in [1.807, 2.05) is 31.4 Å². The number of aryl methyl sites for hydroxylation is 1. The Bertz CT molecular complexity index is 640.